The van der Waals surface area contributed by atoms with E-state index in [9.17, 15) is 23.2 Å². The van der Waals surface area contributed by atoms with Gasteiger partial charge in [0.2, 0.25) is 0 Å². The molecule has 1 aliphatic rings. The molecule has 47 heavy (non-hydrogen) atoms. The van der Waals surface area contributed by atoms with Crippen LogP contribution in [0, 0.1) is 11.6 Å². The summed E-state index contributed by atoms with van der Waals surface area (Å²) in [6.45, 7) is 4.48. The zero-order chi connectivity index (χ0) is 32.5. The summed E-state index contributed by atoms with van der Waals surface area (Å²) in [6, 6.07) is 12.1. The van der Waals surface area contributed by atoms with Crippen LogP contribution in [0.15, 0.2) is 60.8 Å². The number of rotatable bonds is 15. The predicted molar refractivity (Wildman–Crippen MR) is 172 cm³/mol. The summed E-state index contributed by atoms with van der Waals surface area (Å²) in [7, 11) is 0. The summed E-state index contributed by atoms with van der Waals surface area (Å²) >= 11 is 0. The Labute approximate surface area is 276 Å². The maximum Gasteiger partial charge on any atom is 0.251 e. The Hall–Kier alpha value is -4.43. The van der Waals surface area contributed by atoms with E-state index in [2.05, 4.69) is 26.1 Å². The number of ketones is 1. The highest BCUT2D eigenvalue weighted by atomic mass is 35.5. The summed E-state index contributed by atoms with van der Waals surface area (Å²) < 4.78 is 45.3. The molecule has 4 aromatic rings. The molecule has 0 saturated carbocycles. The van der Waals surface area contributed by atoms with Gasteiger partial charge >= 0.3 is 0 Å². The van der Waals surface area contributed by atoms with Gasteiger partial charge in [0.05, 0.1) is 43.6 Å². The lowest BCUT2D eigenvalue weighted by Crippen LogP contribution is -2.51. The Kier molecular flexibility index (Phi) is 12.8. The Morgan fingerprint density at radius 2 is 1.45 bits per heavy atom. The fourth-order valence-electron chi connectivity index (χ4n) is 5.02. The molecule has 2 amide bonds. The van der Waals surface area contributed by atoms with Crippen molar-refractivity contribution in [3.8, 4) is 5.75 Å². The van der Waals surface area contributed by atoms with E-state index < -0.39 is 34.9 Å². The van der Waals surface area contributed by atoms with E-state index in [1.54, 1.807) is 24.4 Å². The molecule has 1 aromatic heterocycles. The number of benzene rings is 3. The van der Waals surface area contributed by atoms with Crippen molar-refractivity contribution in [3.05, 3.63) is 94.7 Å². The third kappa shape index (κ3) is 8.89. The first-order valence-electron chi connectivity index (χ1n) is 15.0. The minimum Gasteiger partial charge on any atom is -0.490 e. The number of hydrogen-bond acceptors (Lipinski definition) is 8. The van der Waals surface area contributed by atoms with E-state index in [1.807, 2.05) is 6.92 Å². The van der Waals surface area contributed by atoms with Crippen LogP contribution in [0.4, 0.5) is 8.78 Å². The molecule has 2 heterocycles. The molecular formula is C33H36ClF2N5O6. The van der Waals surface area contributed by atoms with Crippen LogP contribution in [0.3, 0.4) is 0 Å². The quantitative estimate of drug-likeness (QED) is 0.110. The van der Waals surface area contributed by atoms with Crippen LogP contribution in [0.1, 0.15) is 50.0 Å². The minimum atomic E-state index is -1.33. The average Bonchev–Trinajstić information content (AvgIpc) is 3.72. The molecule has 3 aromatic carbocycles. The van der Waals surface area contributed by atoms with Gasteiger partial charge in [0.1, 0.15) is 17.9 Å². The molecule has 11 nitrogen and oxygen atoms in total. The SMILES string of the molecule is CCCOCCOCCOc1ccc(F)c(F)c1C(=O)c1ccc(C(=O)N[C@@H]2CNC[C@H]2NC(=O)c2ccc3cn[nH]c3c2)cc1.Cl. The fourth-order valence-corrected chi connectivity index (χ4v) is 5.02. The number of nitrogens with zero attached hydrogens (tertiary/aromatic N) is 1. The van der Waals surface area contributed by atoms with Gasteiger partial charge < -0.3 is 30.2 Å². The minimum absolute atomic E-state index is 0. The number of ether oxygens (including phenoxy) is 3. The lowest BCUT2D eigenvalue weighted by molar-refractivity contribution is 0.0364. The van der Waals surface area contributed by atoms with Gasteiger partial charge in [-0.2, -0.15) is 5.10 Å². The van der Waals surface area contributed by atoms with E-state index in [-0.39, 0.29) is 54.4 Å². The average molecular weight is 672 g/mol. The largest absolute Gasteiger partial charge is 0.490 e. The summed E-state index contributed by atoms with van der Waals surface area (Å²) in [6.07, 6.45) is 2.57. The highest BCUT2D eigenvalue weighted by Crippen LogP contribution is 2.27. The second-order valence-electron chi connectivity index (χ2n) is 10.7. The first-order chi connectivity index (χ1) is 22.4. The van der Waals surface area contributed by atoms with Crippen LogP contribution < -0.4 is 20.7 Å². The van der Waals surface area contributed by atoms with Crippen molar-refractivity contribution in [2.24, 2.45) is 0 Å². The second-order valence-corrected chi connectivity index (χ2v) is 10.7. The number of amides is 2. The number of nitrogens with one attached hydrogen (secondary N) is 4. The molecule has 0 aliphatic carbocycles. The van der Waals surface area contributed by atoms with E-state index in [1.165, 1.54) is 30.3 Å². The Morgan fingerprint density at radius 1 is 0.830 bits per heavy atom. The summed E-state index contributed by atoms with van der Waals surface area (Å²) in [5.41, 5.74) is 0.928. The first kappa shape index (κ1) is 35.4. The molecule has 0 radical (unpaired) electrons. The lowest BCUT2D eigenvalue weighted by Gasteiger charge is -2.21. The summed E-state index contributed by atoms with van der Waals surface area (Å²) in [5, 5.41) is 16.7. The number of halogens is 3. The van der Waals surface area contributed by atoms with Crippen LogP contribution in [-0.2, 0) is 9.47 Å². The van der Waals surface area contributed by atoms with Gasteiger partial charge in [0, 0.05) is 41.8 Å². The van der Waals surface area contributed by atoms with Crippen LogP contribution in [-0.4, -0.2) is 86.0 Å². The molecule has 14 heteroatoms. The zero-order valence-corrected chi connectivity index (χ0v) is 26.5. The van der Waals surface area contributed by atoms with Crippen LogP contribution in [0.25, 0.3) is 10.9 Å². The van der Waals surface area contributed by atoms with Gasteiger partial charge in [-0.25, -0.2) is 8.78 Å². The summed E-state index contributed by atoms with van der Waals surface area (Å²) in [4.78, 5) is 39.2. The number of H-pyrrole nitrogens is 1. The zero-order valence-electron chi connectivity index (χ0n) is 25.6. The second kappa shape index (κ2) is 16.9. The van der Waals surface area contributed by atoms with Crippen molar-refractivity contribution >= 4 is 40.9 Å². The van der Waals surface area contributed by atoms with E-state index in [0.29, 0.717) is 38.5 Å². The Morgan fingerprint density at radius 3 is 2.15 bits per heavy atom. The fraction of sp³-hybridized carbons (Fsp3) is 0.333. The Balaban J connectivity index is 0.00000500. The standard InChI is InChI=1S/C33H35F2N5O6.ClH/c1-2-11-44-12-13-45-14-15-46-28-10-9-24(34)30(35)29(28)31(41)20-3-5-21(6-4-20)32(42)38-26-18-36-19-27(26)39-33(43)22-7-8-23-17-37-40-25(23)16-22;/h3-10,16-17,26-27,36H,2,11-15,18-19H2,1H3,(H,37,40)(H,38,42)(H,39,43);1H/t26-,27-;/m1./s1. The number of aromatic amines is 1. The third-order valence-corrected chi connectivity index (χ3v) is 7.45. The highest BCUT2D eigenvalue weighted by molar-refractivity contribution is 6.11. The molecule has 0 bridgehead atoms. The highest BCUT2D eigenvalue weighted by Gasteiger charge is 2.30. The van der Waals surface area contributed by atoms with Gasteiger partial charge in [-0.05, 0) is 42.8 Å². The molecule has 1 saturated heterocycles. The molecule has 1 aliphatic heterocycles. The van der Waals surface area contributed by atoms with Crippen molar-refractivity contribution in [2.45, 2.75) is 25.4 Å². The number of carbonyl (C=O) groups excluding carboxylic acids is 3. The molecular weight excluding hydrogens is 636 g/mol. The van der Waals surface area contributed by atoms with Crippen LogP contribution in [0.5, 0.6) is 5.75 Å². The molecule has 0 spiro atoms. The van der Waals surface area contributed by atoms with Crippen molar-refractivity contribution in [2.75, 3.05) is 46.1 Å². The van der Waals surface area contributed by atoms with Gasteiger partial charge in [0.25, 0.3) is 11.8 Å². The maximum atomic E-state index is 14.8. The molecule has 250 valence electrons. The third-order valence-electron chi connectivity index (χ3n) is 7.45. The van der Waals surface area contributed by atoms with Gasteiger partial charge in [-0.3, -0.25) is 19.5 Å². The van der Waals surface area contributed by atoms with Crippen LogP contribution in [0.2, 0.25) is 0 Å². The first-order valence-corrected chi connectivity index (χ1v) is 15.0. The predicted octanol–water partition coefficient (Wildman–Crippen LogP) is 3.82. The van der Waals surface area contributed by atoms with Crippen LogP contribution >= 0.6 is 12.4 Å². The number of aromatic nitrogens is 2. The normalized spacial score (nSPS) is 15.6. The number of fused-ring (bicyclic) bond motifs is 1. The molecule has 1 fully saturated rings. The lowest BCUT2D eigenvalue weighted by atomic mass is 10.00. The van der Waals surface area contributed by atoms with E-state index >= 15 is 0 Å². The Bertz CT molecular complexity index is 1690. The van der Waals surface area contributed by atoms with E-state index in [4.69, 9.17) is 14.2 Å². The molecule has 4 N–H and O–H groups in total. The summed E-state index contributed by atoms with van der Waals surface area (Å²) in [5.74, 6) is -4.15. The van der Waals surface area contributed by atoms with E-state index in [0.717, 1.165) is 23.4 Å². The van der Waals surface area contributed by atoms with Gasteiger partial charge in [0.15, 0.2) is 17.4 Å². The topological polar surface area (TPSA) is 144 Å². The van der Waals surface area contributed by atoms with Crippen molar-refractivity contribution in [3.63, 3.8) is 0 Å². The monoisotopic (exact) mass is 671 g/mol. The van der Waals surface area contributed by atoms with Crippen molar-refractivity contribution in [1.29, 1.82) is 0 Å². The maximum absolute atomic E-state index is 14.8. The number of hydrogen-bond donors (Lipinski definition) is 4. The molecule has 0 unspecified atom stereocenters. The van der Waals surface area contributed by atoms with Crippen molar-refractivity contribution in [1.82, 2.24) is 26.1 Å². The number of carbonyl (C=O) groups is 3. The van der Waals surface area contributed by atoms with Gasteiger partial charge in [-0.1, -0.05) is 25.1 Å². The molecule has 5 rings (SSSR count). The smallest absolute Gasteiger partial charge is 0.251 e. The van der Waals surface area contributed by atoms with Gasteiger partial charge in [-0.15, -0.1) is 12.4 Å². The molecule has 2 atom stereocenters. The van der Waals surface area contributed by atoms with Crippen molar-refractivity contribution < 1.29 is 37.4 Å².